The summed E-state index contributed by atoms with van der Waals surface area (Å²) in [5.41, 5.74) is 8.46. The topological polar surface area (TPSA) is 58.9 Å². The summed E-state index contributed by atoms with van der Waals surface area (Å²) in [6.07, 6.45) is 1.99. The summed E-state index contributed by atoms with van der Waals surface area (Å²) < 4.78 is 10.5. The third kappa shape index (κ3) is 7.10. The number of fused-ring (bicyclic) bond motifs is 1. The first kappa shape index (κ1) is 30.8. The van der Waals surface area contributed by atoms with E-state index < -0.39 is 14.2 Å². The summed E-state index contributed by atoms with van der Waals surface area (Å²) in [7, 11) is -0.524. The molecule has 2 aromatic rings. The van der Waals surface area contributed by atoms with Crippen LogP contribution in [0.15, 0.2) is 24.3 Å². The lowest BCUT2D eigenvalue weighted by Gasteiger charge is -2.41. The number of hydrogen-bond donors (Lipinski definition) is 2. The maximum Gasteiger partial charge on any atom is 0.394 e. The second kappa shape index (κ2) is 10.7. The van der Waals surface area contributed by atoms with Crippen molar-refractivity contribution in [2.75, 3.05) is 7.11 Å². The van der Waals surface area contributed by atoms with E-state index in [-0.39, 0.29) is 10.8 Å². The number of benzene rings is 2. The van der Waals surface area contributed by atoms with Crippen molar-refractivity contribution in [2.24, 2.45) is 0 Å². The van der Waals surface area contributed by atoms with Crippen molar-refractivity contribution in [2.45, 2.75) is 118 Å². The van der Waals surface area contributed by atoms with Crippen molar-refractivity contribution in [3.63, 3.8) is 0 Å². The molecule has 0 spiro atoms. The number of aliphatic hydroxyl groups is 1. The SMILES string of the molecule is CCc1cc(C(C)(C)O)cc(C(C)(C)C)c1OP(O)OC.Cc1cc(C(C)(C)C)cc2c1CC2(C)C. The molecule has 0 amide bonds. The summed E-state index contributed by atoms with van der Waals surface area (Å²) in [5.74, 6) is 0.661. The van der Waals surface area contributed by atoms with Gasteiger partial charge < -0.3 is 19.0 Å². The van der Waals surface area contributed by atoms with Gasteiger partial charge in [0, 0.05) is 12.7 Å². The lowest BCUT2D eigenvalue weighted by Crippen LogP contribution is -2.34. The van der Waals surface area contributed by atoms with E-state index in [1.807, 2.05) is 19.1 Å². The highest BCUT2D eigenvalue weighted by Gasteiger charge is 2.36. The van der Waals surface area contributed by atoms with Crippen molar-refractivity contribution in [3.8, 4) is 5.75 Å². The zero-order chi connectivity index (χ0) is 27.9. The Bertz CT molecular complexity index is 1070. The van der Waals surface area contributed by atoms with Crippen LogP contribution in [0.2, 0.25) is 0 Å². The van der Waals surface area contributed by atoms with E-state index in [2.05, 4.69) is 74.4 Å². The Morgan fingerprint density at radius 2 is 1.50 bits per heavy atom. The molecule has 0 fully saturated rings. The van der Waals surface area contributed by atoms with Crippen molar-refractivity contribution >= 4 is 8.60 Å². The van der Waals surface area contributed by atoms with Crippen molar-refractivity contribution in [1.29, 1.82) is 0 Å². The molecular weight excluding hydrogens is 467 g/mol. The Kier molecular flexibility index (Phi) is 9.17. The van der Waals surface area contributed by atoms with Crippen LogP contribution in [0.4, 0.5) is 0 Å². The van der Waals surface area contributed by atoms with E-state index in [1.54, 1.807) is 25.0 Å². The lowest BCUT2D eigenvalue weighted by molar-refractivity contribution is 0.0783. The van der Waals surface area contributed by atoms with Crippen LogP contribution in [-0.4, -0.2) is 17.1 Å². The van der Waals surface area contributed by atoms with Gasteiger partial charge in [0.15, 0.2) is 0 Å². The molecule has 0 saturated carbocycles. The van der Waals surface area contributed by atoms with Crippen LogP contribution in [0, 0.1) is 6.92 Å². The molecule has 0 radical (unpaired) electrons. The predicted octanol–water partition coefficient (Wildman–Crippen LogP) is 8.14. The molecule has 0 aromatic heterocycles. The van der Waals surface area contributed by atoms with Crippen LogP contribution in [0.25, 0.3) is 0 Å². The first-order valence-corrected chi connectivity index (χ1v) is 14.1. The average Bonchev–Trinajstić information content (AvgIpc) is 2.72. The molecule has 1 unspecified atom stereocenters. The minimum Gasteiger partial charge on any atom is -0.426 e. The molecule has 1 aliphatic rings. The fourth-order valence-corrected chi connectivity index (χ4v) is 5.05. The largest absolute Gasteiger partial charge is 0.426 e. The molecule has 4 nitrogen and oxygen atoms in total. The fourth-order valence-electron chi connectivity index (χ4n) is 4.60. The molecule has 0 bridgehead atoms. The minimum atomic E-state index is -1.94. The Morgan fingerprint density at radius 3 is 1.92 bits per heavy atom. The number of hydrogen-bond acceptors (Lipinski definition) is 4. The quantitative estimate of drug-likeness (QED) is 0.394. The Balaban J connectivity index is 0.000000267. The van der Waals surface area contributed by atoms with Crippen LogP contribution in [0.1, 0.15) is 115 Å². The van der Waals surface area contributed by atoms with Crippen LogP contribution in [0.3, 0.4) is 0 Å². The molecule has 202 valence electrons. The summed E-state index contributed by atoms with van der Waals surface area (Å²) >= 11 is 0. The molecule has 0 saturated heterocycles. The van der Waals surface area contributed by atoms with Gasteiger partial charge in [0.25, 0.3) is 0 Å². The lowest BCUT2D eigenvalue weighted by atomic mass is 9.64. The zero-order valence-corrected chi connectivity index (χ0v) is 25.8. The molecule has 36 heavy (non-hydrogen) atoms. The Hall–Kier alpha value is -1.45. The molecule has 1 atom stereocenters. The smallest absolute Gasteiger partial charge is 0.394 e. The summed E-state index contributed by atoms with van der Waals surface area (Å²) in [5, 5.41) is 10.3. The van der Waals surface area contributed by atoms with Gasteiger partial charge in [0.05, 0.1) is 5.60 Å². The predicted molar refractivity (Wildman–Crippen MR) is 153 cm³/mol. The van der Waals surface area contributed by atoms with E-state index in [1.165, 1.54) is 24.7 Å². The third-order valence-electron chi connectivity index (χ3n) is 7.07. The van der Waals surface area contributed by atoms with Gasteiger partial charge in [-0.1, -0.05) is 74.4 Å². The second-order valence-corrected chi connectivity index (χ2v) is 14.3. The molecule has 5 heteroatoms. The van der Waals surface area contributed by atoms with E-state index >= 15 is 0 Å². The first-order valence-electron chi connectivity index (χ1n) is 13.0. The highest BCUT2D eigenvalue weighted by molar-refractivity contribution is 7.41. The van der Waals surface area contributed by atoms with Gasteiger partial charge in [-0.3, -0.25) is 0 Å². The van der Waals surface area contributed by atoms with E-state index in [4.69, 9.17) is 9.05 Å². The van der Waals surface area contributed by atoms with Crippen LogP contribution in [0.5, 0.6) is 5.75 Å². The number of rotatable bonds is 5. The zero-order valence-electron chi connectivity index (χ0n) is 24.9. The van der Waals surface area contributed by atoms with Crippen molar-refractivity contribution in [1.82, 2.24) is 0 Å². The van der Waals surface area contributed by atoms with Gasteiger partial charge in [0.2, 0.25) is 0 Å². The summed E-state index contributed by atoms with van der Waals surface area (Å²) in [4.78, 5) is 9.72. The van der Waals surface area contributed by atoms with Crippen molar-refractivity contribution < 1.29 is 19.0 Å². The third-order valence-corrected chi connectivity index (χ3v) is 7.72. The highest BCUT2D eigenvalue weighted by Crippen LogP contribution is 2.45. The average molecular weight is 517 g/mol. The van der Waals surface area contributed by atoms with Crippen LogP contribution < -0.4 is 4.52 Å². The van der Waals surface area contributed by atoms with Gasteiger partial charge in [-0.25, -0.2) is 0 Å². The maximum absolute atomic E-state index is 10.3. The fraction of sp³-hybridized carbons (Fsp3) is 0.613. The maximum atomic E-state index is 10.3. The van der Waals surface area contributed by atoms with E-state index in [0.717, 1.165) is 23.1 Å². The Labute approximate surface area is 221 Å². The normalized spacial score (nSPS) is 15.9. The molecular formula is C31H49O4P. The highest BCUT2D eigenvalue weighted by atomic mass is 31.2. The van der Waals surface area contributed by atoms with E-state index in [0.29, 0.717) is 11.2 Å². The summed E-state index contributed by atoms with van der Waals surface area (Å²) in [6.45, 7) is 25.6. The van der Waals surface area contributed by atoms with Gasteiger partial charge in [-0.05, 0) is 95.4 Å². The molecule has 0 heterocycles. The Morgan fingerprint density at radius 1 is 0.917 bits per heavy atom. The standard InChI is InChI=1S/C16H27O4P.C15H22/c1-8-11-9-12(16(5,6)17)10-13(15(2,3)4)14(11)20-21(18)19-7;1-10-7-11(14(2,3)4)8-13-12(10)9-15(13,5)6/h9-10,17-18H,8H2,1-7H3;7-8H,9H2,1-6H3. The number of aryl methyl sites for hydroxylation is 2. The van der Waals surface area contributed by atoms with Crippen molar-refractivity contribution in [3.05, 3.63) is 63.2 Å². The first-order chi connectivity index (χ1) is 16.2. The second-order valence-electron chi connectivity index (χ2n) is 13.3. The van der Waals surface area contributed by atoms with Crippen LogP contribution >= 0.6 is 8.60 Å². The molecule has 1 aliphatic carbocycles. The van der Waals surface area contributed by atoms with Gasteiger partial charge >= 0.3 is 8.60 Å². The van der Waals surface area contributed by atoms with Gasteiger partial charge in [-0.15, -0.1) is 0 Å². The molecule has 3 rings (SSSR count). The van der Waals surface area contributed by atoms with Gasteiger partial charge in [0.1, 0.15) is 5.75 Å². The molecule has 2 N–H and O–H groups in total. The monoisotopic (exact) mass is 516 g/mol. The van der Waals surface area contributed by atoms with E-state index in [9.17, 15) is 10.00 Å². The van der Waals surface area contributed by atoms with Gasteiger partial charge in [-0.2, -0.15) is 0 Å². The molecule has 2 aromatic carbocycles. The minimum absolute atomic E-state index is 0.176. The molecule has 0 aliphatic heterocycles. The van der Waals surface area contributed by atoms with Crippen LogP contribution in [-0.2, 0) is 39.2 Å². The summed E-state index contributed by atoms with van der Waals surface area (Å²) in [6, 6.07) is 8.68.